The Morgan fingerprint density at radius 2 is 1.89 bits per heavy atom. The third-order valence-corrected chi connectivity index (χ3v) is 4.02. The molecule has 0 aliphatic carbocycles. The van der Waals surface area contributed by atoms with Crippen molar-refractivity contribution in [1.29, 1.82) is 0 Å². The van der Waals surface area contributed by atoms with Crippen molar-refractivity contribution in [3.05, 3.63) is 34.1 Å². The van der Waals surface area contributed by atoms with Gasteiger partial charge in [-0.05, 0) is 51.8 Å². The molecule has 6 heteroatoms. The van der Waals surface area contributed by atoms with E-state index in [4.69, 9.17) is 9.47 Å². The summed E-state index contributed by atoms with van der Waals surface area (Å²) in [6, 6.07) is 5.30. The molecule has 1 heterocycles. The molecule has 1 amide bonds. The van der Waals surface area contributed by atoms with Crippen molar-refractivity contribution in [3.63, 3.8) is 0 Å². The molecule has 0 aliphatic rings. The number of carbonyl (C=O) groups excluding carboxylic acids is 1. The van der Waals surface area contributed by atoms with E-state index in [0.29, 0.717) is 30.2 Å². The van der Waals surface area contributed by atoms with Crippen LogP contribution in [0.4, 0.5) is 0 Å². The first-order valence-electron chi connectivity index (χ1n) is 9.43. The molecular formula is C21H30N2O4. The van der Waals surface area contributed by atoms with Crippen molar-refractivity contribution in [1.82, 2.24) is 9.88 Å². The van der Waals surface area contributed by atoms with E-state index < -0.39 is 5.54 Å². The maximum atomic E-state index is 13.1. The van der Waals surface area contributed by atoms with Crippen LogP contribution in [0.1, 0.15) is 57.8 Å². The van der Waals surface area contributed by atoms with Crippen LogP contribution in [0.5, 0.6) is 11.5 Å². The lowest BCUT2D eigenvalue weighted by atomic mass is 10.1. The molecule has 2 rings (SSSR count). The van der Waals surface area contributed by atoms with Crippen molar-refractivity contribution < 1.29 is 14.3 Å². The van der Waals surface area contributed by atoms with E-state index in [2.05, 4.69) is 5.32 Å². The third kappa shape index (κ3) is 4.62. The molecule has 0 saturated heterocycles. The number of pyridine rings is 1. The fraction of sp³-hybridized carbons (Fsp3) is 0.524. The highest BCUT2D eigenvalue weighted by Gasteiger charge is 2.22. The molecule has 6 nitrogen and oxygen atoms in total. The number of methoxy groups -OCH3 is 1. The van der Waals surface area contributed by atoms with E-state index in [0.717, 1.165) is 18.2 Å². The largest absolute Gasteiger partial charge is 0.493 e. The van der Waals surface area contributed by atoms with Crippen molar-refractivity contribution in [2.24, 2.45) is 0 Å². The maximum absolute atomic E-state index is 13.1. The Hall–Kier alpha value is -2.50. The van der Waals surface area contributed by atoms with E-state index in [1.807, 2.05) is 40.7 Å². The van der Waals surface area contributed by atoms with Gasteiger partial charge in [0.25, 0.3) is 11.5 Å². The predicted molar refractivity (Wildman–Crippen MR) is 108 cm³/mol. The van der Waals surface area contributed by atoms with Gasteiger partial charge in [0.15, 0.2) is 11.5 Å². The van der Waals surface area contributed by atoms with Crippen molar-refractivity contribution in [2.75, 3.05) is 13.7 Å². The van der Waals surface area contributed by atoms with E-state index in [1.54, 1.807) is 23.8 Å². The number of benzene rings is 1. The zero-order valence-corrected chi connectivity index (χ0v) is 17.1. The minimum atomic E-state index is -0.427. The van der Waals surface area contributed by atoms with Gasteiger partial charge >= 0.3 is 0 Å². The molecule has 0 atom stereocenters. The third-order valence-electron chi connectivity index (χ3n) is 4.02. The average molecular weight is 374 g/mol. The fourth-order valence-corrected chi connectivity index (χ4v) is 2.94. The highest BCUT2D eigenvalue weighted by Crippen LogP contribution is 2.35. The Balaban J connectivity index is 2.77. The molecule has 0 radical (unpaired) electrons. The van der Waals surface area contributed by atoms with Gasteiger partial charge < -0.3 is 19.4 Å². The van der Waals surface area contributed by atoms with E-state index in [9.17, 15) is 9.59 Å². The topological polar surface area (TPSA) is 69.6 Å². The van der Waals surface area contributed by atoms with Crippen LogP contribution in [0, 0.1) is 0 Å². The lowest BCUT2D eigenvalue weighted by molar-refractivity contribution is 0.0917. The van der Waals surface area contributed by atoms with Gasteiger partial charge in [-0.2, -0.15) is 0 Å². The summed E-state index contributed by atoms with van der Waals surface area (Å²) in [7, 11) is 1.58. The first-order chi connectivity index (χ1) is 12.7. The standard InChI is InChI=1S/C21H30N2O4/c1-7-11-23-17-14(9-10-16(26-6)18(17)27-12-8-2)13-15(20(23)25)19(24)22-21(3,4)5/h9-10,13H,7-8,11-12H2,1-6H3,(H,22,24). The second-order valence-electron chi connectivity index (χ2n) is 7.60. The van der Waals surface area contributed by atoms with Crippen LogP contribution in [0.15, 0.2) is 23.0 Å². The summed E-state index contributed by atoms with van der Waals surface area (Å²) >= 11 is 0. The monoisotopic (exact) mass is 374 g/mol. The number of aryl methyl sites for hydroxylation is 1. The predicted octanol–water partition coefficient (Wildman–Crippen LogP) is 3.74. The van der Waals surface area contributed by atoms with Crippen LogP contribution in [0.25, 0.3) is 10.9 Å². The molecule has 0 unspecified atom stereocenters. The number of nitrogens with one attached hydrogen (secondary N) is 1. The number of carbonyl (C=O) groups is 1. The summed E-state index contributed by atoms with van der Waals surface area (Å²) in [6.45, 7) is 10.7. The van der Waals surface area contributed by atoms with Crippen LogP contribution < -0.4 is 20.3 Å². The SMILES string of the molecule is CCCOc1c(OC)ccc2cc(C(=O)NC(C)(C)C)c(=O)n(CCC)c12. The summed E-state index contributed by atoms with van der Waals surface area (Å²) in [5.74, 6) is 0.753. The van der Waals surface area contributed by atoms with E-state index in [-0.39, 0.29) is 17.0 Å². The Morgan fingerprint density at radius 1 is 1.19 bits per heavy atom. The Morgan fingerprint density at radius 3 is 2.44 bits per heavy atom. The first-order valence-corrected chi connectivity index (χ1v) is 9.43. The van der Waals surface area contributed by atoms with E-state index >= 15 is 0 Å². The van der Waals surface area contributed by atoms with Gasteiger partial charge in [-0.25, -0.2) is 0 Å². The summed E-state index contributed by atoms with van der Waals surface area (Å²) < 4.78 is 13.0. The summed E-state index contributed by atoms with van der Waals surface area (Å²) in [4.78, 5) is 25.8. The van der Waals surface area contributed by atoms with Gasteiger partial charge in [0, 0.05) is 17.5 Å². The Kier molecular flexibility index (Phi) is 6.52. The van der Waals surface area contributed by atoms with Crippen LogP contribution in [-0.2, 0) is 6.54 Å². The van der Waals surface area contributed by atoms with Crippen molar-refractivity contribution >= 4 is 16.8 Å². The highest BCUT2D eigenvalue weighted by molar-refractivity contribution is 5.99. The van der Waals surface area contributed by atoms with Gasteiger partial charge in [-0.1, -0.05) is 13.8 Å². The second-order valence-corrected chi connectivity index (χ2v) is 7.60. The van der Waals surface area contributed by atoms with Gasteiger partial charge in [-0.15, -0.1) is 0 Å². The number of rotatable bonds is 7. The second kappa shape index (κ2) is 8.46. The zero-order valence-electron chi connectivity index (χ0n) is 17.1. The Labute approximate surface area is 160 Å². The average Bonchev–Trinajstić information content (AvgIpc) is 2.60. The van der Waals surface area contributed by atoms with Gasteiger partial charge in [-0.3, -0.25) is 9.59 Å². The summed E-state index contributed by atoms with van der Waals surface area (Å²) in [5.41, 5.74) is 0.0590. The molecule has 2 aromatic rings. The maximum Gasteiger partial charge on any atom is 0.264 e. The molecule has 0 saturated carbocycles. The van der Waals surface area contributed by atoms with Crippen LogP contribution in [0.2, 0.25) is 0 Å². The molecule has 0 aliphatic heterocycles. The lowest BCUT2D eigenvalue weighted by Gasteiger charge is -2.22. The van der Waals surface area contributed by atoms with Crippen molar-refractivity contribution in [2.45, 2.75) is 59.5 Å². The number of hydrogen-bond donors (Lipinski definition) is 1. The summed E-state index contributed by atoms with van der Waals surface area (Å²) in [6.07, 6.45) is 1.59. The molecule has 1 aromatic heterocycles. The lowest BCUT2D eigenvalue weighted by Crippen LogP contribution is -2.43. The van der Waals surface area contributed by atoms with Crippen molar-refractivity contribution in [3.8, 4) is 11.5 Å². The zero-order chi connectivity index (χ0) is 20.2. The number of hydrogen-bond acceptors (Lipinski definition) is 4. The molecule has 0 fully saturated rings. The molecular weight excluding hydrogens is 344 g/mol. The molecule has 27 heavy (non-hydrogen) atoms. The Bertz CT molecular complexity index is 878. The van der Waals surface area contributed by atoms with Crippen LogP contribution in [0.3, 0.4) is 0 Å². The van der Waals surface area contributed by atoms with Gasteiger partial charge in [0.2, 0.25) is 0 Å². The summed E-state index contributed by atoms with van der Waals surface area (Å²) in [5, 5.41) is 3.65. The number of amides is 1. The van der Waals surface area contributed by atoms with Gasteiger partial charge in [0.05, 0.1) is 19.2 Å². The van der Waals surface area contributed by atoms with Crippen LogP contribution in [-0.4, -0.2) is 29.7 Å². The normalized spacial score (nSPS) is 11.5. The number of fused-ring (bicyclic) bond motifs is 1. The first kappa shape index (κ1) is 20.8. The smallest absolute Gasteiger partial charge is 0.264 e. The quantitative estimate of drug-likeness (QED) is 0.802. The molecule has 0 spiro atoms. The fourth-order valence-electron chi connectivity index (χ4n) is 2.94. The number of aromatic nitrogens is 1. The van der Waals surface area contributed by atoms with Gasteiger partial charge in [0.1, 0.15) is 5.56 Å². The molecule has 0 bridgehead atoms. The minimum Gasteiger partial charge on any atom is -0.493 e. The van der Waals surface area contributed by atoms with E-state index in [1.165, 1.54) is 0 Å². The minimum absolute atomic E-state index is 0.137. The molecule has 148 valence electrons. The molecule has 1 N–H and O–H groups in total. The number of nitrogens with zero attached hydrogens (tertiary/aromatic N) is 1. The molecule has 1 aromatic carbocycles. The number of ether oxygens (including phenoxy) is 2. The highest BCUT2D eigenvalue weighted by atomic mass is 16.5. The van der Waals surface area contributed by atoms with Crippen LogP contribution >= 0.6 is 0 Å².